The van der Waals surface area contributed by atoms with Crippen molar-refractivity contribution < 1.29 is 0 Å². The molecule has 23 heavy (non-hydrogen) atoms. The standard InChI is InChI=1S/C18H36N4S/c1-3-19-18(21-15-17-7-6-14-23-17)20-10-4-5-11-22-12-8-16(2)9-13-22/h16-17H,3-15H2,1-2H3,(H2,19,20,21). The van der Waals surface area contributed by atoms with Gasteiger partial charge in [-0.25, -0.2) is 0 Å². The van der Waals surface area contributed by atoms with Crippen molar-refractivity contribution in [2.45, 2.75) is 57.6 Å². The lowest BCUT2D eigenvalue weighted by Crippen LogP contribution is -2.38. The van der Waals surface area contributed by atoms with Crippen LogP contribution in [0, 0.1) is 5.92 Å². The number of rotatable bonds is 8. The maximum atomic E-state index is 4.75. The molecule has 4 nitrogen and oxygen atoms in total. The van der Waals surface area contributed by atoms with Crippen LogP contribution in [0.3, 0.4) is 0 Å². The third-order valence-corrected chi connectivity index (χ3v) is 6.27. The van der Waals surface area contributed by atoms with Gasteiger partial charge in [-0.05, 0) is 76.8 Å². The molecule has 0 radical (unpaired) electrons. The molecule has 2 fully saturated rings. The Balaban J connectivity index is 1.55. The van der Waals surface area contributed by atoms with Crippen molar-refractivity contribution in [3.05, 3.63) is 0 Å². The molecule has 0 spiro atoms. The highest BCUT2D eigenvalue weighted by Crippen LogP contribution is 2.25. The number of nitrogens with zero attached hydrogens (tertiary/aromatic N) is 2. The second-order valence-corrected chi connectivity index (χ2v) is 8.42. The minimum Gasteiger partial charge on any atom is -0.357 e. The van der Waals surface area contributed by atoms with Gasteiger partial charge in [0.2, 0.25) is 0 Å². The first-order chi connectivity index (χ1) is 11.3. The topological polar surface area (TPSA) is 39.7 Å². The van der Waals surface area contributed by atoms with Crippen molar-refractivity contribution in [2.24, 2.45) is 10.9 Å². The van der Waals surface area contributed by atoms with Crippen LogP contribution in [0.5, 0.6) is 0 Å². The second kappa shape index (κ2) is 11.2. The van der Waals surface area contributed by atoms with Gasteiger partial charge in [0.1, 0.15) is 0 Å². The second-order valence-electron chi connectivity index (χ2n) is 7.01. The molecule has 1 atom stereocenters. The summed E-state index contributed by atoms with van der Waals surface area (Å²) < 4.78 is 0. The zero-order valence-electron chi connectivity index (χ0n) is 15.1. The number of guanidine groups is 1. The van der Waals surface area contributed by atoms with Crippen LogP contribution in [0.4, 0.5) is 0 Å². The molecule has 2 rings (SSSR count). The summed E-state index contributed by atoms with van der Waals surface area (Å²) in [7, 11) is 0. The molecule has 0 aromatic rings. The van der Waals surface area contributed by atoms with Gasteiger partial charge in [0.25, 0.3) is 0 Å². The summed E-state index contributed by atoms with van der Waals surface area (Å²) in [5.41, 5.74) is 0. The first kappa shape index (κ1) is 18.9. The van der Waals surface area contributed by atoms with Crippen LogP contribution in [-0.2, 0) is 0 Å². The maximum Gasteiger partial charge on any atom is 0.191 e. The summed E-state index contributed by atoms with van der Waals surface area (Å²) in [6.45, 7) is 11.3. The third-order valence-electron chi connectivity index (χ3n) is 4.89. The summed E-state index contributed by atoms with van der Waals surface area (Å²) >= 11 is 2.08. The van der Waals surface area contributed by atoms with Crippen LogP contribution >= 0.6 is 11.8 Å². The fraction of sp³-hybridized carbons (Fsp3) is 0.944. The summed E-state index contributed by atoms with van der Waals surface area (Å²) in [5.74, 6) is 3.26. The van der Waals surface area contributed by atoms with Crippen molar-refractivity contribution in [3.8, 4) is 0 Å². The number of aliphatic imine (C=N–C) groups is 1. The van der Waals surface area contributed by atoms with Crippen molar-refractivity contribution in [2.75, 3.05) is 45.0 Å². The molecule has 0 aromatic heterocycles. The van der Waals surface area contributed by atoms with E-state index in [1.54, 1.807) is 0 Å². The number of hydrogen-bond donors (Lipinski definition) is 2. The smallest absolute Gasteiger partial charge is 0.191 e. The van der Waals surface area contributed by atoms with E-state index in [0.29, 0.717) is 0 Å². The van der Waals surface area contributed by atoms with Crippen molar-refractivity contribution in [1.29, 1.82) is 0 Å². The van der Waals surface area contributed by atoms with E-state index in [0.717, 1.165) is 36.8 Å². The lowest BCUT2D eigenvalue weighted by Gasteiger charge is -2.30. The van der Waals surface area contributed by atoms with E-state index in [1.807, 2.05) is 0 Å². The van der Waals surface area contributed by atoms with Gasteiger partial charge < -0.3 is 15.5 Å². The molecule has 2 aliphatic heterocycles. The normalized spacial score (nSPS) is 24.1. The van der Waals surface area contributed by atoms with Gasteiger partial charge in [0.05, 0.1) is 6.54 Å². The van der Waals surface area contributed by atoms with E-state index >= 15 is 0 Å². The molecule has 0 aromatic carbocycles. The first-order valence-electron chi connectivity index (χ1n) is 9.64. The van der Waals surface area contributed by atoms with E-state index in [2.05, 4.69) is 41.1 Å². The molecule has 0 amide bonds. The average Bonchev–Trinajstić information content (AvgIpc) is 3.07. The Labute approximate surface area is 147 Å². The lowest BCUT2D eigenvalue weighted by molar-refractivity contribution is 0.189. The molecule has 5 heteroatoms. The number of hydrogen-bond acceptors (Lipinski definition) is 3. The van der Waals surface area contributed by atoms with Crippen LogP contribution in [0.1, 0.15) is 52.4 Å². The molecule has 2 heterocycles. The molecule has 1 unspecified atom stereocenters. The van der Waals surface area contributed by atoms with E-state index < -0.39 is 0 Å². The van der Waals surface area contributed by atoms with Crippen LogP contribution in [-0.4, -0.2) is 61.1 Å². The highest BCUT2D eigenvalue weighted by molar-refractivity contribution is 8.00. The highest BCUT2D eigenvalue weighted by atomic mass is 32.2. The Morgan fingerprint density at radius 1 is 1.17 bits per heavy atom. The van der Waals surface area contributed by atoms with Crippen molar-refractivity contribution in [3.63, 3.8) is 0 Å². The summed E-state index contributed by atoms with van der Waals surface area (Å²) in [6, 6.07) is 0. The Morgan fingerprint density at radius 2 is 2.00 bits per heavy atom. The van der Waals surface area contributed by atoms with Crippen LogP contribution in [0.25, 0.3) is 0 Å². The summed E-state index contributed by atoms with van der Waals surface area (Å²) in [5, 5.41) is 7.61. The van der Waals surface area contributed by atoms with E-state index in [-0.39, 0.29) is 0 Å². The monoisotopic (exact) mass is 340 g/mol. The zero-order valence-corrected chi connectivity index (χ0v) is 16.0. The Kier molecular flexibility index (Phi) is 9.20. The van der Waals surface area contributed by atoms with Gasteiger partial charge in [0, 0.05) is 18.3 Å². The highest BCUT2D eigenvalue weighted by Gasteiger charge is 2.15. The third kappa shape index (κ3) is 7.79. The van der Waals surface area contributed by atoms with E-state index in [9.17, 15) is 0 Å². The van der Waals surface area contributed by atoms with Crippen LogP contribution < -0.4 is 10.6 Å². The minimum atomic E-state index is 0.743. The van der Waals surface area contributed by atoms with Gasteiger partial charge >= 0.3 is 0 Å². The van der Waals surface area contributed by atoms with Crippen molar-refractivity contribution >= 4 is 17.7 Å². The van der Waals surface area contributed by atoms with Gasteiger partial charge in [-0.3, -0.25) is 4.99 Å². The summed E-state index contributed by atoms with van der Waals surface area (Å²) in [6.07, 6.45) is 7.99. The molecule has 0 bridgehead atoms. The van der Waals surface area contributed by atoms with Gasteiger partial charge in [0.15, 0.2) is 5.96 Å². The Bertz CT molecular complexity index is 334. The number of piperidine rings is 1. The molecular weight excluding hydrogens is 304 g/mol. The van der Waals surface area contributed by atoms with Crippen LogP contribution in [0.15, 0.2) is 4.99 Å². The average molecular weight is 341 g/mol. The molecule has 2 N–H and O–H groups in total. The minimum absolute atomic E-state index is 0.743. The molecule has 0 saturated carbocycles. The largest absolute Gasteiger partial charge is 0.357 e. The van der Waals surface area contributed by atoms with E-state index in [4.69, 9.17) is 4.99 Å². The van der Waals surface area contributed by atoms with Gasteiger partial charge in [-0.15, -0.1) is 0 Å². The van der Waals surface area contributed by atoms with Gasteiger partial charge in [-0.2, -0.15) is 11.8 Å². The quantitative estimate of drug-likeness (QED) is 0.405. The predicted octanol–water partition coefficient (Wildman–Crippen LogP) is 2.95. The first-order valence-corrected chi connectivity index (χ1v) is 10.7. The van der Waals surface area contributed by atoms with Crippen molar-refractivity contribution in [1.82, 2.24) is 15.5 Å². The Morgan fingerprint density at radius 3 is 2.70 bits per heavy atom. The SMILES string of the molecule is CCNC(=NCC1CCCS1)NCCCCN1CCC(C)CC1. The van der Waals surface area contributed by atoms with Crippen LogP contribution in [0.2, 0.25) is 0 Å². The molecule has 2 saturated heterocycles. The molecule has 2 aliphatic rings. The number of unbranched alkanes of at least 4 members (excludes halogenated alkanes) is 1. The Hall–Kier alpha value is -0.420. The number of thioether (sulfide) groups is 1. The predicted molar refractivity (Wildman–Crippen MR) is 104 cm³/mol. The van der Waals surface area contributed by atoms with Gasteiger partial charge in [-0.1, -0.05) is 6.92 Å². The van der Waals surface area contributed by atoms with E-state index in [1.165, 1.54) is 63.9 Å². The summed E-state index contributed by atoms with van der Waals surface area (Å²) in [4.78, 5) is 7.39. The molecule has 134 valence electrons. The maximum absolute atomic E-state index is 4.75. The lowest BCUT2D eigenvalue weighted by atomic mass is 9.99. The molecule has 0 aliphatic carbocycles. The molecular formula is C18H36N4S. The number of likely N-dealkylation sites (tertiary alicyclic amines) is 1. The fourth-order valence-corrected chi connectivity index (χ4v) is 4.46. The zero-order chi connectivity index (χ0) is 16.3. The fourth-order valence-electron chi connectivity index (χ4n) is 3.28. The number of nitrogens with one attached hydrogen (secondary N) is 2.